The van der Waals surface area contributed by atoms with E-state index in [0.29, 0.717) is 28.0 Å². The molecule has 0 saturated carbocycles. The van der Waals surface area contributed by atoms with Gasteiger partial charge in [-0.25, -0.2) is 0 Å². The molecule has 0 N–H and O–H groups in total. The Morgan fingerprint density at radius 1 is 1.08 bits per heavy atom. The molecule has 1 amide bonds. The van der Waals surface area contributed by atoms with Crippen molar-refractivity contribution in [3.8, 4) is 0 Å². The number of aldehydes is 1. The molecule has 0 unspecified atom stereocenters. The SMILES string of the molecule is Cc1ccc(N(/N=C/c2cccc(C=O)c2)C(=O)C(F)(F)F)c(C)c1. The molecule has 0 aliphatic carbocycles. The summed E-state index contributed by atoms with van der Waals surface area (Å²) in [6.07, 6.45) is -3.35. The highest BCUT2D eigenvalue weighted by Gasteiger charge is 2.43. The second kappa shape index (κ2) is 7.29. The molecule has 2 aromatic rings. The lowest BCUT2D eigenvalue weighted by atomic mass is 10.1. The van der Waals surface area contributed by atoms with E-state index in [2.05, 4.69) is 5.10 Å². The number of hydrogen-bond acceptors (Lipinski definition) is 3. The van der Waals surface area contributed by atoms with Crippen LogP contribution < -0.4 is 5.01 Å². The van der Waals surface area contributed by atoms with Crippen LogP contribution >= 0.6 is 0 Å². The Balaban J connectivity index is 2.46. The number of carbonyl (C=O) groups excluding carboxylic acids is 2. The molecule has 2 rings (SSSR count). The lowest BCUT2D eigenvalue weighted by Gasteiger charge is -2.20. The van der Waals surface area contributed by atoms with Crippen LogP contribution in [0.3, 0.4) is 0 Å². The van der Waals surface area contributed by atoms with Gasteiger partial charge in [0.1, 0.15) is 6.29 Å². The van der Waals surface area contributed by atoms with Gasteiger partial charge < -0.3 is 0 Å². The second-order valence-electron chi connectivity index (χ2n) is 5.44. The zero-order chi connectivity index (χ0) is 18.6. The van der Waals surface area contributed by atoms with Crippen molar-refractivity contribution in [2.75, 3.05) is 5.01 Å². The molecule has 0 radical (unpaired) electrons. The summed E-state index contributed by atoms with van der Waals surface area (Å²) in [7, 11) is 0. The topological polar surface area (TPSA) is 49.7 Å². The van der Waals surface area contributed by atoms with Crippen LogP contribution in [-0.4, -0.2) is 24.6 Å². The standard InChI is InChI=1S/C18H15F3N2O2/c1-12-6-7-16(13(2)8-12)23(17(25)18(19,20)21)22-10-14-4-3-5-15(9-14)11-24/h3-11H,1-2H3/b22-10+. The lowest BCUT2D eigenvalue weighted by molar-refractivity contribution is -0.170. The van der Waals surface area contributed by atoms with Crippen molar-refractivity contribution in [2.45, 2.75) is 20.0 Å². The Morgan fingerprint density at radius 3 is 2.36 bits per heavy atom. The van der Waals surface area contributed by atoms with Gasteiger partial charge in [0.2, 0.25) is 0 Å². The largest absolute Gasteiger partial charge is 0.473 e. The minimum Gasteiger partial charge on any atom is -0.298 e. The van der Waals surface area contributed by atoms with Gasteiger partial charge in [-0.1, -0.05) is 35.9 Å². The van der Waals surface area contributed by atoms with Crippen LogP contribution in [0.4, 0.5) is 18.9 Å². The van der Waals surface area contributed by atoms with E-state index in [-0.39, 0.29) is 5.69 Å². The van der Waals surface area contributed by atoms with Crippen LogP contribution in [0.25, 0.3) is 0 Å². The van der Waals surface area contributed by atoms with Crippen molar-refractivity contribution in [3.05, 3.63) is 64.7 Å². The average Bonchev–Trinajstić information content (AvgIpc) is 2.55. The van der Waals surface area contributed by atoms with E-state index < -0.39 is 12.1 Å². The molecule has 25 heavy (non-hydrogen) atoms. The molecule has 2 aromatic carbocycles. The molecule has 0 spiro atoms. The number of amides is 1. The van der Waals surface area contributed by atoms with Crippen LogP contribution in [-0.2, 0) is 4.79 Å². The number of hydrazone groups is 1. The summed E-state index contributed by atoms with van der Waals surface area (Å²) >= 11 is 0. The molecule has 0 atom stereocenters. The molecule has 0 aliphatic heterocycles. The molecule has 0 heterocycles. The van der Waals surface area contributed by atoms with Gasteiger partial charge in [0, 0.05) is 5.56 Å². The first-order valence-corrected chi connectivity index (χ1v) is 7.30. The Bertz CT molecular complexity index is 829. The predicted octanol–water partition coefficient (Wildman–Crippen LogP) is 4.05. The molecule has 4 nitrogen and oxygen atoms in total. The smallest absolute Gasteiger partial charge is 0.298 e. The van der Waals surface area contributed by atoms with E-state index >= 15 is 0 Å². The van der Waals surface area contributed by atoms with Gasteiger partial charge in [-0.2, -0.15) is 23.3 Å². The van der Waals surface area contributed by atoms with Crippen molar-refractivity contribution in [2.24, 2.45) is 5.10 Å². The fraction of sp³-hybridized carbons (Fsp3) is 0.167. The van der Waals surface area contributed by atoms with Gasteiger partial charge >= 0.3 is 12.1 Å². The lowest BCUT2D eigenvalue weighted by Crippen LogP contribution is -2.38. The van der Waals surface area contributed by atoms with Gasteiger partial charge in [0.05, 0.1) is 11.9 Å². The minimum atomic E-state index is -5.07. The summed E-state index contributed by atoms with van der Waals surface area (Å²) in [6.45, 7) is 3.39. The van der Waals surface area contributed by atoms with Crippen LogP contribution in [0, 0.1) is 13.8 Å². The number of rotatable bonds is 4. The molecule has 0 saturated heterocycles. The van der Waals surface area contributed by atoms with Crippen LogP contribution in [0.1, 0.15) is 27.0 Å². The molecule has 7 heteroatoms. The predicted molar refractivity (Wildman–Crippen MR) is 88.9 cm³/mol. The highest BCUT2D eigenvalue weighted by Crippen LogP contribution is 2.27. The number of aryl methyl sites for hydroxylation is 2. The fourth-order valence-corrected chi connectivity index (χ4v) is 2.22. The third kappa shape index (κ3) is 4.53. The first-order chi connectivity index (χ1) is 11.7. The van der Waals surface area contributed by atoms with Crippen molar-refractivity contribution in [1.29, 1.82) is 0 Å². The molecule has 0 aromatic heterocycles. The highest BCUT2D eigenvalue weighted by atomic mass is 19.4. The normalized spacial score (nSPS) is 11.6. The van der Waals surface area contributed by atoms with Crippen molar-refractivity contribution in [1.82, 2.24) is 0 Å². The molecule has 0 fully saturated rings. The van der Waals surface area contributed by atoms with Gasteiger partial charge in [-0.3, -0.25) is 9.59 Å². The maximum Gasteiger partial charge on any atom is 0.473 e. The summed E-state index contributed by atoms with van der Waals surface area (Å²) in [5, 5.41) is 4.04. The summed E-state index contributed by atoms with van der Waals surface area (Å²) in [5.41, 5.74) is 2.12. The van der Waals surface area contributed by atoms with E-state index in [1.54, 1.807) is 44.2 Å². The van der Waals surface area contributed by atoms with Gasteiger partial charge in [-0.15, -0.1) is 0 Å². The quantitative estimate of drug-likeness (QED) is 0.476. The van der Waals surface area contributed by atoms with E-state index in [9.17, 15) is 22.8 Å². The fourth-order valence-electron chi connectivity index (χ4n) is 2.22. The summed E-state index contributed by atoms with van der Waals surface area (Å²) < 4.78 is 38.8. The van der Waals surface area contributed by atoms with Crippen molar-refractivity contribution < 1.29 is 22.8 Å². The summed E-state index contributed by atoms with van der Waals surface area (Å²) in [4.78, 5) is 22.6. The second-order valence-corrected chi connectivity index (χ2v) is 5.44. The summed E-state index contributed by atoms with van der Waals surface area (Å²) in [5.74, 6) is -2.10. The van der Waals surface area contributed by atoms with E-state index in [0.717, 1.165) is 11.8 Å². The third-order valence-electron chi connectivity index (χ3n) is 3.38. The van der Waals surface area contributed by atoms with Crippen LogP contribution in [0.2, 0.25) is 0 Å². The Labute approximate surface area is 142 Å². The Morgan fingerprint density at radius 2 is 1.76 bits per heavy atom. The van der Waals surface area contributed by atoms with Gasteiger partial charge in [0.25, 0.3) is 0 Å². The molecular formula is C18H15F3N2O2. The maximum atomic E-state index is 12.9. The van der Waals surface area contributed by atoms with E-state index in [1.165, 1.54) is 12.1 Å². The van der Waals surface area contributed by atoms with Crippen LogP contribution in [0.15, 0.2) is 47.6 Å². The molecule has 0 bridgehead atoms. The Hall–Kier alpha value is -2.96. The number of anilines is 1. The Kier molecular flexibility index (Phi) is 5.36. The molecule has 0 aliphatic rings. The van der Waals surface area contributed by atoms with Crippen molar-refractivity contribution >= 4 is 24.1 Å². The number of hydrogen-bond donors (Lipinski definition) is 0. The molecule has 130 valence electrons. The monoisotopic (exact) mass is 348 g/mol. The zero-order valence-corrected chi connectivity index (χ0v) is 13.5. The first kappa shape index (κ1) is 18.4. The van der Waals surface area contributed by atoms with E-state index in [1.807, 2.05) is 0 Å². The first-order valence-electron chi connectivity index (χ1n) is 7.30. The molecular weight excluding hydrogens is 333 g/mol. The van der Waals surface area contributed by atoms with Gasteiger partial charge in [-0.05, 0) is 37.1 Å². The number of halogens is 3. The average molecular weight is 348 g/mol. The zero-order valence-electron chi connectivity index (χ0n) is 13.5. The maximum absolute atomic E-state index is 12.9. The highest BCUT2D eigenvalue weighted by molar-refractivity contribution is 5.99. The number of nitrogens with zero attached hydrogens (tertiary/aromatic N) is 2. The summed E-state index contributed by atoms with van der Waals surface area (Å²) in [6, 6.07) is 10.8. The van der Waals surface area contributed by atoms with Gasteiger partial charge in [0.15, 0.2) is 0 Å². The number of benzene rings is 2. The third-order valence-corrected chi connectivity index (χ3v) is 3.38. The van der Waals surface area contributed by atoms with Crippen molar-refractivity contribution in [3.63, 3.8) is 0 Å². The number of carbonyl (C=O) groups is 2. The van der Waals surface area contributed by atoms with Crippen LogP contribution in [0.5, 0.6) is 0 Å². The van der Waals surface area contributed by atoms with E-state index in [4.69, 9.17) is 0 Å². The number of alkyl halides is 3. The minimum absolute atomic E-state index is 0.0377.